The van der Waals surface area contributed by atoms with Gasteiger partial charge in [0.15, 0.2) is 0 Å². The molecule has 0 aromatic heterocycles. The fourth-order valence-electron chi connectivity index (χ4n) is 1.04. The molecule has 0 atom stereocenters. The highest BCUT2D eigenvalue weighted by Gasteiger charge is 1.91. The van der Waals surface area contributed by atoms with Crippen molar-refractivity contribution in [3.8, 4) is 0 Å². The zero-order valence-corrected chi connectivity index (χ0v) is 8.23. The molecule has 12 heavy (non-hydrogen) atoms. The van der Waals surface area contributed by atoms with Gasteiger partial charge in [-0.15, -0.1) is 0 Å². The van der Waals surface area contributed by atoms with Gasteiger partial charge >= 0.3 is 0 Å². The summed E-state index contributed by atoms with van der Waals surface area (Å²) in [4.78, 5) is 0. The zero-order valence-electron chi connectivity index (χ0n) is 7.42. The summed E-state index contributed by atoms with van der Waals surface area (Å²) >= 11 is 1.89. The van der Waals surface area contributed by atoms with E-state index >= 15 is 0 Å². The molecule has 0 spiro atoms. The van der Waals surface area contributed by atoms with Crippen LogP contribution < -0.4 is 0 Å². The van der Waals surface area contributed by atoms with Crippen LogP contribution in [0, 0.1) is 0 Å². The first kappa shape index (κ1) is 9.40. The number of aryl methyl sites for hydroxylation is 1. The van der Waals surface area contributed by atoms with Crippen LogP contribution in [-0.2, 0) is 6.42 Å². The second-order valence-electron chi connectivity index (χ2n) is 2.69. The summed E-state index contributed by atoms with van der Waals surface area (Å²) in [6, 6.07) is 8.58. The van der Waals surface area contributed by atoms with Crippen LogP contribution in [0.25, 0.3) is 6.08 Å². The smallest absolute Gasteiger partial charge is 0.00298 e. The van der Waals surface area contributed by atoms with E-state index in [1.165, 1.54) is 23.3 Å². The van der Waals surface area contributed by atoms with Gasteiger partial charge in [-0.25, -0.2) is 0 Å². The Kier molecular flexibility index (Phi) is 3.95. The lowest BCUT2D eigenvalue weighted by molar-refractivity contribution is 1.16. The number of hydrogen-bond donors (Lipinski definition) is 0. The number of rotatable bonds is 4. The topological polar surface area (TPSA) is 0 Å². The monoisotopic (exact) mass is 178 g/mol. The Balaban J connectivity index is 2.58. The van der Waals surface area contributed by atoms with Crippen LogP contribution >= 0.6 is 11.8 Å². The number of thioether (sulfide) groups is 1. The third kappa shape index (κ3) is 2.74. The summed E-state index contributed by atoms with van der Waals surface area (Å²) in [6.07, 6.45) is 5.18. The molecule has 0 bridgehead atoms. The molecule has 0 amide bonds. The molecule has 1 aromatic rings. The van der Waals surface area contributed by atoms with Crippen molar-refractivity contribution >= 4 is 17.8 Å². The Bertz CT molecular complexity index is 236. The summed E-state index contributed by atoms with van der Waals surface area (Å²) in [7, 11) is 0. The minimum absolute atomic E-state index is 1.17. The zero-order chi connectivity index (χ0) is 8.81. The second-order valence-corrected chi connectivity index (χ2v) is 3.67. The van der Waals surface area contributed by atoms with Crippen molar-refractivity contribution in [1.29, 1.82) is 0 Å². The van der Waals surface area contributed by atoms with E-state index in [0.717, 1.165) is 0 Å². The number of benzene rings is 1. The van der Waals surface area contributed by atoms with E-state index in [2.05, 4.69) is 37.1 Å². The molecule has 0 aliphatic heterocycles. The molecule has 0 aliphatic carbocycles. The second kappa shape index (κ2) is 5.04. The third-order valence-electron chi connectivity index (χ3n) is 1.81. The predicted octanol–water partition coefficient (Wildman–Crippen LogP) is 3.24. The average Bonchev–Trinajstić information content (AvgIpc) is 2.15. The average molecular weight is 178 g/mol. The highest BCUT2D eigenvalue weighted by Crippen LogP contribution is 2.07. The van der Waals surface area contributed by atoms with E-state index in [4.69, 9.17) is 0 Å². The maximum atomic E-state index is 3.72. The summed E-state index contributed by atoms with van der Waals surface area (Å²) in [5.41, 5.74) is 2.61. The SMILES string of the molecule is C=Cc1ccc(CCSC)cc1. The van der Waals surface area contributed by atoms with Crippen LogP contribution in [0.2, 0.25) is 0 Å². The van der Waals surface area contributed by atoms with E-state index in [1.807, 2.05) is 17.8 Å². The molecule has 0 nitrogen and oxygen atoms in total. The van der Waals surface area contributed by atoms with Crippen molar-refractivity contribution in [2.75, 3.05) is 12.0 Å². The van der Waals surface area contributed by atoms with Crippen LogP contribution in [-0.4, -0.2) is 12.0 Å². The minimum atomic E-state index is 1.17. The largest absolute Gasteiger partial charge is 0.165 e. The predicted molar refractivity (Wildman–Crippen MR) is 58.6 cm³/mol. The van der Waals surface area contributed by atoms with E-state index in [1.54, 1.807) is 0 Å². The lowest BCUT2D eigenvalue weighted by Gasteiger charge is -1.99. The first-order valence-electron chi connectivity index (χ1n) is 4.07. The van der Waals surface area contributed by atoms with Crippen molar-refractivity contribution in [2.24, 2.45) is 0 Å². The van der Waals surface area contributed by atoms with Crippen molar-refractivity contribution in [3.63, 3.8) is 0 Å². The highest BCUT2D eigenvalue weighted by atomic mass is 32.2. The molecule has 0 aliphatic rings. The van der Waals surface area contributed by atoms with Gasteiger partial charge in [0.25, 0.3) is 0 Å². The number of hydrogen-bond acceptors (Lipinski definition) is 1. The lowest BCUT2D eigenvalue weighted by Crippen LogP contribution is -1.86. The van der Waals surface area contributed by atoms with Crippen LogP contribution in [0.4, 0.5) is 0 Å². The molecule has 0 heterocycles. The van der Waals surface area contributed by atoms with E-state index in [9.17, 15) is 0 Å². The van der Waals surface area contributed by atoms with Gasteiger partial charge in [0.05, 0.1) is 0 Å². The molecule has 0 unspecified atom stereocenters. The molecule has 1 rings (SSSR count). The Labute approximate surface area is 78.7 Å². The van der Waals surface area contributed by atoms with Gasteiger partial charge in [-0.3, -0.25) is 0 Å². The van der Waals surface area contributed by atoms with Crippen molar-refractivity contribution in [1.82, 2.24) is 0 Å². The summed E-state index contributed by atoms with van der Waals surface area (Å²) in [6.45, 7) is 3.72. The molecule has 0 saturated carbocycles. The Morgan fingerprint density at radius 2 is 2.00 bits per heavy atom. The Hall–Kier alpha value is -0.690. The van der Waals surface area contributed by atoms with Crippen molar-refractivity contribution in [2.45, 2.75) is 6.42 Å². The summed E-state index contributed by atoms with van der Waals surface area (Å²) in [5.74, 6) is 1.20. The quantitative estimate of drug-likeness (QED) is 0.682. The van der Waals surface area contributed by atoms with Gasteiger partial charge in [-0.2, -0.15) is 11.8 Å². The molecule has 0 fully saturated rings. The molecular formula is C11H14S. The van der Waals surface area contributed by atoms with E-state index < -0.39 is 0 Å². The first-order valence-corrected chi connectivity index (χ1v) is 5.46. The highest BCUT2D eigenvalue weighted by molar-refractivity contribution is 7.98. The van der Waals surface area contributed by atoms with Gasteiger partial charge in [-0.05, 0) is 29.6 Å². The fraction of sp³-hybridized carbons (Fsp3) is 0.273. The van der Waals surface area contributed by atoms with Crippen LogP contribution in [0.1, 0.15) is 11.1 Å². The lowest BCUT2D eigenvalue weighted by atomic mass is 10.1. The molecular weight excluding hydrogens is 164 g/mol. The maximum Gasteiger partial charge on any atom is -0.00298 e. The molecule has 0 radical (unpaired) electrons. The third-order valence-corrected chi connectivity index (χ3v) is 2.42. The normalized spacial score (nSPS) is 9.75. The standard InChI is InChI=1S/C11H14S/c1-3-10-4-6-11(7-5-10)8-9-12-2/h3-7H,1,8-9H2,2H3. The van der Waals surface area contributed by atoms with Crippen LogP contribution in [0.5, 0.6) is 0 Å². The Morgan fingerprint density at radius 1 is 1.33 bits per heavy atom. The van der Waals surface area contributed by atoms with Gasteiger partial charge in [0, 0.05) is 0 Å². The molecule has 1 aromatic carbocycles. The minimum Gasteiger partial charge on any atom is -0.165 e. The van der Waals surface area contributed by atoms with Gasteiger partial charge < -0.3 is 0 Å². The first-order chi connectivity index (χ1) is 5.86. The van der Waals surface area contributed by atoms with E-state index in [-0.39, 0.29) is 0 Å². The Morgan fingerprint density at radius 3 is 2.50 bits per heavy atom. The van der Waals surface area contributed by atoms with Gasteiger partial charge in [-0.1, -0.05) is 36.9 Å². The molecule has 0 saturated heterocycles. The van der Waals surface area contributed by atoms with Gasteiger partial charge in [0.2, 0.25) is 0 Å². The van der Waals surface area contributed by atoms with E-state index in [0.29, 0.717) is 0 Å². The fourth-order valence-corrected chi connectivity index (χ4v) is 1.48. The van der Waals surface area contributed by atoms with Crippen molar-refractivity contribution in [3.05, 3.63) is 42.0 Å². The summed E-state index contributed by atoms with van der Waals surface area (Å²) < 4.78 is 0. The van der Waals surface area contributed by atoms with Crippen molar-refractivity contribution < 1.29 is 0 Å². The van der Waals surface area contributed by atoms with Gasteiger partial charge in [0.1, 0.15) is 0 Å². The molecule has 1 heteroatoms. The molecule has 0 N–H and O–H groups in total. The van der Waals surface area contributed by atoms with Crippen LogP contribution in [0.15, 0.2) is 30.8 Å². The maximum absolute atomic E-state index is 3.72. The van der Waals surface area contributed by atoms with Crippen LogP contribution in [0.3, 0.4) is 0 Å². The molecule has 64 valence electrons. The summed E-state index contributed by atoms with van der Waals surface area (Å²) in [5, 5.41) is 0.